The maximum absolute atomic E-state index is 12.3. The number of phenolic OH excluding ortho intramolecular Hbond substituents is 1. The molecule has 0 unspecified atom stereocenters. The van der Waals surface area contributed by atoms with Crippen LogP contribution in [-0.4, -0.2) is 39.6 Å². The van der Waals surface area contributed by atoms with Gasteiger partial charge in [0.15, 0.2) is 0 Å². The van der Waals surface area contributed by atoms with Crippen LogP contribution in [0.4, 0.5) is 0 Å². The van der Waals surface area contributed by atoms with Crippen LogP contribution >= 0.6 is 11.6 Å². The predicted molar refractivity (Wildman–Crippen MR) is 69.4 cm³/mol. The lowest BCUT2D eigenvalue weighted by Crippen LogP contribution is -2.35. The molecule has 19 heavy (non-hydrogen) atoms. The van der Waals surface area contributed by atoms with E-state index in [0.29, 0.717) is 0 Å². The molecule has 1 aromatic rings. The molecule has 2 N–H and O–H groups in total. The van der Waals surface area contributed by atoms with Crippen molar-refractivity contribution in [2.75, 3.05) is 6.54 Å². The fourth-order valence-electron chi connectivity index (χ4n) is 1.88. The Kier molecular flexibility index (Phi) is 3.95. The van der Waals surface area contributed by atoms with E-state index >= 15 is 0 Å². The summed E-state index contributed by atoms with van der Waals surface area (Å²) in [6, 6.07) is 4.25. The third-order valence-corrected chi connectivity index (χ3v) is 3.33. The zero-order chi connectivity index (χ0) is 14.0. The molecule has 0 radical (unpaired) electrons. The average molecular weight is 284 g/mol. The van der Waals surface area contributed by atoms with Crippen LogP contribution in [-0.2, 0) is 4.79 Å². The number of carboxylic acid groups (broad SMARTS) is 1. The number of phenols is 1. The number of aliphatic carboxylic acids is 1. The van der Waals surface area contributed by atoms with Gasteiger partial charge >= 0.3 is 5.97 Å². The number of benzene rings is 1. The van der Waals surface area contributed by atoms with Gasteiger partial charge in [0.05, 0.1) is 17.0 Å². The van der Waals surface area contributed by atoms with E-state index < -0.39 is 5.97 Å². The van der Waals surface area contributed by atoms with Crippen molar-refractivity contribution < 1.29 is 19.8 Å². The molecule has 1 aliphatic rings. The molecule has 0 bridgehead atoms. The number of carbonyl (C=O) groups is 2. The van der Waals surface area contributed by atoms with Gasteiger partial charge in [-0.05, 0) is 31.0 Å². The maximum Gasteiger partial charge on any atom is 0.305 e. The molecule has 1 saturated carbocycles. The lowest BCUT2D eigenvalue weighted by molar-refractivity contribution is -0.137. The van der Waals surface area contributed by atoms with E-state index in [-0.39, 0.29) is 41.3 Å². The number of amides is 1. The standard InChI is InChI=1S/C13H14ClNO4/c14-11-4-3-9(16)7-10(11)13(19)15(8-1-2-8)6-5-12(17)18/h3-4,7-8,16H,1-2,5-6H2,(H,17,18). The summed E-state index contributed by atoms with van der Waals surface area (Å²) < 4.78 is 0. The third-order valence-electron chi connectivity index (χ3n) is 3.00. The Morgan fingerprint density at radius 1 is 1.37 bits per heavy atom. The maximum atomic E-state index is 12.3. The Labute approximate surface area is 115 Å². The van der Waals surface area contributed by atoms with Crippen LogP contribution < -0.4 is 0 Å². The Bertz CT molecular complexity index is 513. The van der Waals surface area contributed by atoms with Crippen LogP contribution in [0, 0.1) is 0 Å². The van der Waals surface area contributed by atoms with E-state index in [1.807, 2.05) is 0 Å². The van der Waals surface area contributed by atoms with Gasteiger partial charge in [0.1, 0.15) is 5.75 Å². The minimum Gasteiger partial charge on any atom is -0.508 e. The molecule has 0 atom stereocenters. The van der Waals surface area contributed by atoms with Gasteiger partial charge in [0.25, 0.3) is 5.91 Å². The summed E-state index contributed by atoms with van der Waals surface area (Å²) in [7, 11) is 0. The number of hydrogen-bond donors (Lipinski definition) is 2. The lowest BCUT2D eigenvalue weighted by Gasteiger charge is -2.22. The number of hydrogen-bond acceptors (Lipinski definition) is 3. The first-order valence-electron chi connectivity index (χ1n) is 6.00. The van der Waals surface area contributed by atoms with E-state index in [4.69, 9.17) is 16.7 Å². The quantitative estimate of drug-likeness (QED) is 0.868. The van der Waals surface area contributed by atoms with Gasteiger partial charge in [0.2, 0.25) is 0 Å². The Balaban J connectivity index is 2.18. The summed E-state index contributed by atoms with van der Waals surface area (Å²) in [4.78, 5) is 24.5. The highest BCUT2D eigenvalue weighted by Gasteiger charge is 2.33. The molecule has 1 fully saturated rings. The van der Waals surface area contributed by atoms with Gasteiger partial charge in [-0.1, -0.05) is 11.6 Å². The molecule has 5 nitrogen and oxygen atoms in total. The van der Waals surface area contributed by atoms with E-state index in [9.17, 15) is 14.7 Å². The molecule has 1 aromatic carbocycles. The Morgan fingerprint density at radius 3 is 2.63 bits per heavy atom. The molecule has 1 amide bonds. The van der Waals surface area contributed by atoms with Crippen LogP contribution in [0.25, 0.3) is 0 Å². The molecular formula is C13H14ClNO4. The van der Waals surface area contributed by atoms with Gasteiger partial charge in [-0.2, -0.15) is 0 Å². The SMILES string of the molecule is O=C(O)CCN(C(=O)c1cc(O)ccc1Cl)C1CC1. The Morgan fingerprint density at radius 2 is 2.05 bits per heavy atom. The van der Waals surface area contributed by atoms with E-state index in [1.54, 1.807) is 0 Å². The first kappa shape index (κ1) is 13.7. The van der Waals surface area contributed by atoms with Crippen molar-refractivity contribution in [2.45, 2.75) is 25.3 Å². The highest BCUT2D eigenvalue weighted by molar-refractivity contribution is 6.33. The summed E-state index contributed by atoms with van der Waals surface area (Å²) in [6.45, 7) is 0.158. The second-order valence-electron chi connectivity index (χ2n) is 4.54. The smallest absolute Gasteiger partial charge is 0.305 e. The second kappa shape index (κ2) is 5.48. The molecule has 6 heteroatoms. The fourth-order valence-corrected chi connectivity index (χ4v) is 2.08. The van der Waals surface area contributed by atoms with Gasteiger partial charge in [0, 0.05) is 12.6 Å². The summed E-state index contributed by atoms with van der Waals surface area (Å²) in [6.07, 6.45) is 1.66. The molecule has 0 heterocycles. The molecule has 2 rings (SSSR count). The highest BCUT2D eigenvalue weighted by Crippen LogP contribution is 2.30. The van der Waals surface area contributed by atoms with Gasteiger partial charge in [-0.25, -0.2) is 0 Å². The minimum atomic E-state index is -0.944. The van der Waals surface area contributed by atoms with Crippen LogP contribution in [0.3, 0.4) is 0 Å². The number of rotatable bonds is 5. The third kappa shape index (κ3) is 3.38. The zero-order valence-corrected chi connectivity index (χ0v) is 10.9. The highest BCUT2D eigenvalue weighted by atomic mass is 35.5. The van der Waals surface area contributed by atoms with E-state index in [2.05, 4.69) is 0 Å². The monoisotopic (exact) mass is 283 g/mol. The molecule has 0 saturated heterocycles. The van der Waals surface area contributed by atoms with Crippen molar-refractivity contribution in [2.24, 2.45) is 0 Å². The normalized spacial score (nSPS) is 14.2. The van der Waals surface area contributed by atoms with Crippen molar-refractivity contribution in [3.8, 4) is 5.75 Å². The largest absolute Gasteiger partial charge is 0.508 e. The van der Waals surface area contributed by atoms with Crippen molar-refractivity contribution in [3.63, 3.8) is 0 Å². The van der Waals surface area contributed by atoms with Crippen molar-refractivity contribution in [3.05, 3.63) is 28.8 Å². The molecule has 102 valence electrons. The number of carbonyl (C=O) groups excluding carboxylic acids is 1. The second-order valence-corrected chi connectivity index (χ2v) is 4.94. The number of nitrogens with zero attached hydrogens (tertiary/aromatic N) is 1. The summed E-state index contributed by atoms with van der Waals surface area (Å²) in [5.74, 6) is -1.31. The molecule has 0 aromatic heterocycles. The van der Waals surface area contributed by atoms with E-state index in [0.717, 1.165) is 12.8 Å². The van der Waals surface area contributed by atoms with Gasteiger partial charge in [-0.3, -0.25) is 9.59 Å². The first-order valence-corrected chi connectivity index (χ1v) is 6.38. The molecule has 0 spiro atoms. The van der Waals surface area contributed by atoms with Gasteiger partial charge < -0.3 is 15.1 Å². The number of aromatic hydroxyl groups is 1. The van der Waals surface area contributed by atoms with Crippen LogP contribution in [0.5, 0.6) is 5.75 Å². The van der Waals surface area contributed by atoms with Crippen molar-refractivity contribution in [1.82, 2.24) is 4.90 Å². The van der Waals surface area contributed by atoms with Gasteiger partial charge in [-0.15, -0.1) is 0 Å². The summed E-state index contributed by atoms with van der Waals surface area (Å²) in [5.41, 5.74) is 0.207. The van der Waals surface area contributed by atoms with Crippen LogP contribution in [0.1, 0.15) is 29.6 Å². The average Bonchev–Trinajstić information content (AvgIpc) is 3.16. The number of carboxylic acids is 1. The Hall–Kier alpha value is -1.75. The zero-order valence-electron chi connectivity index (χ0n) is 10.2. The van der Waals surface area contributed by atoms with Crippen LogP contribution in [0.2, 0.25) is 5.02 Å². The number of halogens is 1. The topological polar surface area (TPSA) is 77.8 Å². The first-order chi connectivity index (χ1) is 8.99. The summed E-state index contributed by atoms with van der Waals surface area (Å²) >= 11 is 5.95. The van der Waals surface area contributed by atoms with Crippen molar-refractivity contribution >= 4 is 23.5 Å². The minimum absolute atomic E-state index is 0.0401. The molecular weight excluding hydrogens is 270 g/mol. The predicted octanol–water partition coefficient (Wildman–Crippen LogP) is 2.12. The van der Waals surface area contributed by atoms with E-state index in [1.165, 1.54) is 23.1 Å². The summed E-state index contributed by atoms with van der Waals surface area (Å²) in [5, 5.41) is 18.4. The lowest BCUT2D eigenvalue weighted by atomic mass is 10.1. The molecule has 1 aliphatic carbocycles. The molecule has 0 aliphatic heterocycles. The fraction of sp³-hybridized carbons (Fsp3) is 0.385. The van der Waals surface area contributed by atoms with Crippen LogP contribution in [0.15, 0.2) is 18.2 Å². The van der Waals surface area contributed by atoms with Crippen molar-refractivity contribution in [1.29, 1.82) is 0 Å².